The molecule has 1 aromatic heterocycles. The lowest BCUT2D eigenvalue weighted by molar-refractivity contribution is -0.128. The lowest BCUT2D eigenvalue weighted by atomic mass is 10.2. The Morgan fingerprint density at radius 1 is 1.39 bits per heavy atom. The predicted molar refractivity (Wildman–Crippen MR) is 70.0 cm³/mol. The molecule has 0 spiro atoms. The first-order valence-corrected chi connectivity index (χ1v) is 5.81. The van der Waals surface area contributed by atoms with Gasteiger partial charge in [0.2, 0.25) is 5.91 Å². The number of hydrogen-bond acceptors (Lipinski definition) is 2. The molecule has 92 valence electrons. The zero-order chi connectivity index (χ0) is 13.1. The number of carbonyl (C=O) groups is 1. The standard InChI is InChI=1S/C14H15N3O/c1-16(2)14(18)6-8-17-7-5-12-4-3-11(10-15)9-13(12)17/h3-5,7,9H,6,8H2,1-2H3. The van der Waals surface area contributed by atoms with Crippen molar-refractivity contribution in [2.24, 2.45) is 0 Å². The normalized spacial score (nSPS) is 10.3. The first-order chi connectivity index (χ1) is 8.61. The van der Waals surface area contributed by atoms with Crippen molar-refractivity contribution >= 4 is 16.8 Å². The Hall–Kier alpha value is -2.28. The molecule has 0 atom stereocenters. The highest BCUT2D eigenvalue weighted by Gasteiger charge is 2.06. The number of aryl methyl sites for hydroxylation is 1. The molecule has 0 saturated carbocycles. The monoisotopic (exact) mass is 241 g/mol. The molecule has 0 unspecified atom stereocenters. The molecular weight excluding hydrogens is 226 g/mol. The van der Waals surface area contributed by atoms with Crippen molar-refractivity contribution in [3.63, 3.8) is 0 Å². The number of nitriles is 1. The molecule has 0 N–H and O–H groups in total. The highest BCUT2D eigenvalue weighted by atomic mass is 16.2. The number of rotatable bonds is 3. The fourth-order valence-electron chi connectivity index (χ4n) is 1.89. The fourth-order valence-corrected chi connectivity index (χ4v) is 1.89. The van der Waals surface area contributed by atoms with Gasteiger partial charge in [-0.05, 0) is 23.6 Å². The van der Waals surface area contributed by atoms with E-state index in [1.54, 1.807) is 25.1 Å². The van der Waals surface area contributed by atoms with E-state index in [-0.39, 0.29) is 5.91 Å². The molecule has 0 fully saturated rings. The first kappa shape index (κ1) is 12.2. The van der Waals surface area contributed by atoms with E-state index in [1.165, 1.54) is 0 Å². The molecule has 0 bridgehead atoms. The molecule has 0 saturated heterocycles. The maximum Gasteiger partial charge on any atom is 0.223 e. The van der Waals surface area contributed by atoms with Gasteiger partial charge in [0.25, 0.3) is 0 Å². The molecule has 0 aliphatic heterocycles. The van der Waals surface area contributed by atoms with E-state index in [1.807, 2.05) is 29.0 Å². The van der Waals surface area contributed by atoms with Crippen LogP contribution in [0.15, 0.2) is 30.5 Å². The Labute approximate surface area is 106 Å². The summed E-state index contributed by atoms with van der Waals surface area (Å²) < 4.78 is 2.01. The second-order valence-corrected chi connectivity index (χ2v) is 4.43. The van der Waals surface area contributed by atoms with Gasteiger partial charge < -0.3 is 9.47 Å². The Kier molecular flexibility index (Phi) is 3.33. The molecule has 0 aliphatic carbocycles. The zero-order valence-corrected chi connectivity index (χ0v) is 10.6. The fraction of sp³-hybridized carbons (Fsp3) is 0.286. The molecule has 1 aromatic carbocycles. The van der Waals surface area contributed by atoms with Crippen molar-refractivity contribution in [2.45, 2.75) is 13.0 Å². The summed E-state index contributed by atoms with van der Waals surface area (Å²) in [6.07, 6.45) is 2.42. The molecule has 18 heavy (non-hydrogen) atoms. The number of nitrogens with zero attached hydrogens (tertiary/aromatic N) is 3. The van der Waals surface area contributed by atoms with Crippen LogP contribution in [0.1, 0.15) is 12.0 Å². The Morgan fingerprint density at radius 2 is 2.17 bits per heavy atom. The van der Waals surface area contributed by atoms with Gasteiger partial charge in [0, 0.05) is 38.8 Å². The minimum Gasteiger partial charge on any atom is -0.349 e. The maximum atomic E-state index is 11.6. The SMILES string of the molecule is CN(C)C(=O)CCn1ccc2ccc(C#N)cc21. The van der Waals surface area contributed by atoms with E-state index in [2.05, 4.69) is 6.07 Å². The third kappa shape index (κ3) is 2.35. The Balaban J connectivity index is 2.24. The number of fused-ring (bicyclic) bond motifs is 1. The molecule has 1 heterocycles. The van der Waals surface area contributed by atoms with Crippen molar-refractivity contribution in [1.29, 1.82) is 5.26 Å². The van der Waals surface area contributed by atoms with Crippen LogP contribution in [-0.2, 0) is 11.3 Å². The minimum atomic E-state index is 0.105. The van der Waals surface area contributed by atoms with Crippen molar-refractivity contribution < 1.29 is 4.79 Å². The summed E-state index contributed by atoms with van der Waals surface area (Å²) in [5, 5.41) is 9.99. The van der Waals surface area contributed by atoms with Gasteiger partial charge in [-0.25, -0.2) is 0 Å². The van der Waals surface area contributed by atoms with E-state index >= 15 is 0 Å². The number of hydrogen-bond donors (Lipinski definition) is 0. The van der Waals surface area contributed by atoms with E-state index in [0.29, 0.717) is 18.5 Å². The number of amides is 1. The van der Waals surface area contributed by atoms with Crippen LogP contribution in [0.2, 0.25) is 0 Å². The quantitative estimate of drug-likeness (QED) is 0.825. The summed E-state index contributed by atoms with van der Waals surface area (Å²) in [7, 11) is 3.51. The number of aromatic nitrogens is 1. The van der Waals surface area contributed by atoms with Crippen molar-refractivity contribution in [2.75, 3.05) is 14.1 Å². The maximum absolute atomic E-state index is 11.6. The molecule has 4 heteroatoms. The van der Waals surface area contributed by atoms with Crippen LogP contribution in [0.5, 0.6) is 0 Å². The Morgan fingerprint density at radius 3 is 2.83 bits per heavy atom. The second-order valence-electron chi connectivity index (χ2n) is 4.43. The summed E-state index contributed by atoms with van der Waals surface area (Å²) in [6, 6.07) is 9.72. The van der Waals surface area contributed by atoms with Crippen LogP contribution < -0.4 is 0 Å². The summed E-state index contributed by atoms with van der Waals surface area (Å²) in [5.41, 5.74) is 1.64. The molecule has 0 aliphatic rings. The van der Waals surface area contributed by atoms with E-state index in [9.17, 15) is 4.79 Å². The lowest BCUT2D eigenvalue weighted by Crippen LogP contribution is -2.22. The van der Waals surface area contributed by atoms with Crippen LogP contribution in [0.25, 0.3) is 10.9 Å². The van der Waals surface area contributed by atoms with Gasteiger partial charge in [-0.15, -0.1) is 0 Å². The zero-order valence-electron chi connectivity index (χ0n) is 10.6. The van der Waals surface area contributed by atoms with E-state index in [0.717, 1.165) is 10.9 Å². The van der Waals surface area contributed by atoms with Crippen molar-refractivity contribution in [3.8, 4) is 6.07 Å². The van der Waals surface area contributed by atoms with E-state index in [4.69, 9.17) is 5.26 Å². The van der Waals surface area contributed by atoms with E-state index < -0.39 is 0 Å². The van der Waals surface area contributed by atoms with Gasteiger partial charge in [-0.1, -0.05) is 6.07 Å². The van der Waals surface area contributed by atoms with Gasteiger partial charge in [0.15, 0.2) is 0 Å². The summed E-state index contributed by atoms with van der Waals surface area (Å²) in [5.74, 6) is 0.105. The molecule has 4 nitrogen and oxygen atoms in total. The van der Waals surface area contributed by atoms with Crippen molar-refractivity contribution in [3.05, 3.63) is 36.0 Å². The van der Waals surface area contributed by atoms with Crippen LogP contribution in [0.4, 0.5) is 0 Å². The smallest absolute Gasteiger partial charge is 0.223 e. The van der Waals surface area contributed by atoms with Gasteiger partial charge in [-0.2, -0.15) is 5.26 Å². The summed E-state index contributed by atoms with van der Waals surface area (Å²) >= 11 is 0. The number of carbonyl (C=O) groups excluding carboxylic acids is 1. The largest absolute Gasteiger partial charge is 0.349 e. The average Bonchev–Trinajstić information content (AvgIpc) is 2.77. The molecule has 2 rings (SSSR count). The first-order valence-electron chi connectivity index (χ1n) is 5.81. The molecular formula is C14H15N3O. The van der Waals surface area contributed by atoms with Crippen LogP contribution in [0.3, 0.4) is 0 Å². The van der Waals surface area contributed by atoms with Gasteiger partial charge in [0.1, 0.15) is 0 Å². The van der Waals surface area contributed by atoms with Gasteiger partial charge in [0.05, 0.1) is 11.6 Å². The third-order valence-electron chi connectivity index (χ3n) is 2.97. The number of benzene rings is 1. The van der Waals surface area contributed by atoms with Crippen LogP contribution >= 0.6 is 0 Å². The topological polar surface area (TPSA) is 49.0 Å². The predicted octanol–water partition coefficient (Wildman–Crippen LogP) is 1.99. The highest BCUT2D eigenvalue weighted by Crippen LogP contribution is 2.17. The average molecular weight is 241 g/mol. The third-order valence-corrected chi connectivity index (χ3v) is 2.97. The molecule has 1 amide bonds. The Bertz CT molecular complexity index is 619. The van der Waals surface area contributed by atoms with Crippen molar-refractivity contribution in [1.82, 2.24) is 9.47 Å². The molecule has 0 radical (unpaired) electrons. The van der Waals surface area contributed by atoms with Gasteiger partial charge >= 0.3 is 0 Å². The molecule has 2 aromatic rings. The minimum absolute atomic E-state index is 0.105. The highest BCUT2D eigenvalue weighted by molar-refractivity contribution is 5.82. The van der Waals surface area contributed by atoms with Crippen LogP contribution in [-0.4, -0.2) is 29.5 Å². The van der Waals surface area contributed by atoms with Crippen LogP contribution in [0, 0.1) is 11.3 Å². The van der Waals surface area contributed by atoms with Gasteiger partial charge in [-0.3, -0.25) is 4.79 Å². The second kappa shape index (κ2) is 4.92. The lowest BCUT2D eigenvalue weighted by Gasteiger charge is -2.11. The summed E-state index contributed by atoms with van der Waals surface area (Å²) in [4.78, 5) is 13.1. The summed E-state index contributed by atoms with van der Waals surface area (Å²) in [6.45, 7) is 0.634.